The molecule has 4 rings (SSSR count). The summed E-state index contributed by atoms with van der Waals surface area (Å²) in [6.07, 6.45) is 3.95. The lowest BCUT2D eigenvalue weighted by Gasteiger charge is -2.49. The van der Waals surface area contributed by atoms with Gasteiger partial charge in [-0.25, -0.2) is 0 Å². The van der Waals surface area contributed by atoms with Gasteiger partial charge >= 0.3 is 0 Å². The number of rotatable bonds is 8. The topological polar surface area (TPSA) is 34.2 Å². The Morgan fingerprint density at radius 3 is 2.59 bits per heavy atom. The van der Waals surface area contributed by atoms with Gasteiger partial charge in [0.05, 0.1) is 24.8 Å². The zero-order chi connectivity index (χ0) is 24.2. The van der Waals surface area contributed by atoms with E-state index in [2.05, 4.69) is 47.9 Å². The maximum absolute atomic E-state index is 6.25. The fraction of sp³-hybridized carbons (Fsp3) is 0.571. The SMILES string of the molecule is COc1cc(N2CCN3[C@@H](CCC[C@@H]3c3ccc(OCCOC(C)C)c(C)c3C)C2)ccc1Cl. The first-order chi connectivity index (χ1) is 16.4. The average Bonchev–Trinajstić information content (AvgIpc) is 2.84. The van der Waals surface area contributed by atoms with E-state index in [1.165, 1.54) is 41.6 Å². The summed E-state index contributed by atoms with van der Waals surface area (Å²) in [6, 6.07) is 11.6. The van der Waals surface area contributed by atoms with Gasteiger partial charge in [0, 0.05) is 43.5 Å². The maximum Gasteiger partial charge on any atom is 0.139 e. The summed E-state index contributed by atoms with van der Waals surface area (Å²) in [4.78, 5) is 5.22. The first kappa shape index (κ1) is 25.2. The van der Waals surface area contributed by atoms with E-state index in [4.69, 9.17) is 25.8 Å². The second-order valence-electron chi connectivity index (χ2n) is 9.77. The summed E-state index contributed by atoms with van der Waals surface area (Å²) in [5.74, 6) is 1.72. The summed E-state index contributed by atoms with van der Waals surface area (Å²) in [6.45, 7) is 12.8. The van der Waals surface area contributed by atoms with E-state index in [0.717, 1.165) is 31.1 Å². The molecule has 2 atom stereocenters. The molecular formula is C28H39ClN2O3. The van der Waals surface area contributed by atoms with E-state index >= 15 is 0 Å². The van der Waals surface area contributed by atoms with Gasteiger partial charge in [0.15, 0.2) is 0 Å². The molecule has 2 aliphatic heterocycles. The van der Waals surface area contributed by atoms with Crippen molar-refractivity contribution in [2.75, 3.05) is 44.9 Å². The monoisotopic (exact) mass is 486 g/mol. The Balaban J connectivity index is 1.45. The number of ether oxygens (including phenoxy) is 3. The Labute approximate surface area is 209 Å². The summed E-state index contributed by atoms with van der Waals surface area (Å²) in [5, 5.41) is 0.660. The highest BCUT2D eigenvalue weighted by Gasteiger charge is 2.36. The smallest absolute Gasteiger partial charge is 0.139 e. The number of piperidine rings is 1. The minimum atomic E-state index is 0.232. The standard InChI is InChI=1S/C28H39ClN2O3/c1-19(2)33-15-16-34-27-12-10-24(20(3)21(27)4)26-8-6-7-23-18-30(13-14-31(23)26)22-9-11-25(29)28(17-22)32-5/h9-12,17,19,23,26H,6-8,13-16,18H2,1-5H3/t23-,26+/m0/s1. The lowest BCUT2D eigenvalue weighted by atomic mass is 9.86. The van der Waals surface area contributed by atoms with Crippen LogP contribution in [0.15, 0.2) is 30.3 Å². The molecule has 0 radical (unpaired) electrons. The van der Waals surface area contributed by atoms with Crippen molar-refractivity contribution < 1.29 is 14.2 Å². The molecule has 0 spiro atoms. The summed E-state index contributed by atoms with van der Waals surface area (Å²) < 4.78 is 17.1. The normalized spacial score (nSPS) is 21.0. The van der Waals surface area contributed by atoms with Crippen LogP contribution < -0.4 is 14.4 Å². The van der Waals surface area contributed by atoms with Crippen molar-refractivity contribution in [1.29, 1.82) is 0 Å². The van der Waals surface area contributed by atoms with Gasteiger partial charge in [0.2, 0.25) is 0 Å². The Morgan fingerprint density at radius 2 is 1.82 bits per heavy atom. The van der Waals surface area contributed by atoms with Gasteiger partial charge < -0.3 is 19.1 Å². The van der Waals surface area contributed by atoms with Gasteiger partial charge in [-0.2, -0.15) is 0 Å². The highest BCUT2D eigenvalue weighted by molar-refractivity contribution is 6.32. The third kappa shape index (κ3) is 5.48. The molecule has 186 valence electrons. The number of halogens is 1. The van der Waals surface area contributed by atoms with E-state index in [-0.39, 0.29) is 6.10 Å². The van der Waals surface area contributed by atoms with Crippen LogP contribution in [0.25, 0.3) is 0 Å². The highest BCUT2D eigenvalue weighted by atomic mass is 35.5. The number of nitrogens with zero attached hydrogens (tertiary/aromatic N) is 2. The number of anilines is 1. The van der Waals surface area contributed by atoms with Crippen molar-refractivity contribution in [1.82, 2.24) is 4.90 Å². The number of piperazine rings is 1. The van der Waals surface area contributed by atoms with E-state index in [0.29, 0.717) is 30.3 Å². The largest absolute Gasteiger partial charge is 0.495 e. The van der Waals surface area contributed by atoms with Crippen LogP contribution in [0.4, 0.5) is 5.69 Å². The van der Waals surface area contributed by atoms with Gasteiger partial charge in [-0.15, -0.1) is 0 Å². The average molecular weight is 487 g/mol. The van der Waals surface area contributed by atoms with Crippen LogP contribution in [0, 0.1) is 13.8 Å². The van der Waals surface area contributed by atoms with Crippen LogP contribution in [-0.2, 0) is 4.74 Å². The summed E-state index contributed by atoms with van der Waals surface area (Å²) in [7, 11) is 1.68. The van der Waals surface area contributed by atoms with Crippen LogP contribution in [-0.4, -0.2) is 57.0 Å². The molecular weight excluding hydrogens is 448 g/mol. The first-order valence-corrected chi connectivity index (χ1v) is 13.0. The van der Waals surface area contributed by atoms with Gasteiger partial charge in [-0.1, -0.05) is 17.7 Å². The minimum absolute atomic E-state index is 0.232. The number of benzene rings is 2. The van der Waals surface area contributed by atoms with Crippen LogP contribution in [0.5, 0.6) is 11.5 Å². The molecule has 2 fully saturated rings. The fourth-order valence-corrected chi connectivity index (χ4v) is 5.63. The van der Waals surface area contributed by atoms with E-state index in [1.807, 2.05) is 19.9 Å². The molecule has 5 nitrogen and oxygen atoms in total. The molecule has 0 aliphatic carbocycles. The molecule has 0 N–H and O–H groups in total. The number of hydrogen-bond donors (Lipinski definition) is 0. The number of methoxy groups -OCH3 is 1. The van der Waals surface area contributed by atoms with Crippen LogP contribution >= 0.6 is 11.6 Å². The quantitative estimate of drug-likeness (QED) is 0.416. The molecule has 2 aliphatic rings. The van der Waals surface area contributed by atoms with Crippen molar-refractivity contribution in [3.8, 4) is 11.5 Å². The van der Waals surface area contributed by atoms with E-state index in [9.17, 15) is 0 Å². The summed E-state index contributed by atoms with van der Waals surface area (Å²) >= 11 is 6.25. The highest BCUT2D eigenvalue weighted by Crippen LogP contribution is 2.40. The van der Waals surface area contributed by atoms with E-state index in [1.54, 1.807) is 7.11 Å². The molecule has 0 unspecified atom stereocenters. The van der Waals surface area contributed by atoms with Gasteiger partial charge in [-0.3, -0.25) is 4.90 Å². The molecule has 0 aromatic heterocycles. The number of hydrogen-bond acceptors (Lipinski definition) is 5. The van der Waals surface area contributed by atoms with Gasteiger partial charge in [-0.05, 0) is 81.8 Å². The lowest BCUT2D eigenvalue weighted by Crippen LogP contribution is -2.56. The second-order valence-corrected chi connectivity index (χ2v) is 10.2. The Kier molecular flexibility index (Phi) is 8.28. The van der Waals surface area contributed by atoms with Crippen LogP contribution in [0.3, 0.4) is 0 Å². The first-order valence-electron chi connectivity index (χ1n) is 12.6. The third-order valence-corrected chi connectivity index (χ3v) is 7.69. The predicted octanol–water partition coefficient (Wildman–Crippen LogP) is 6.19. The Hall–Kier alpha value is -1.95. The molecule has 6 heteroatoms. The van der Waals surface area contributed by atoms with Crippen LogP contribution in [0.2, 0.25) is 5.02 Å². The van der Waals surface area contributed by atoms with Gasteiger partial charge in [0.1, 0.15) is 18.1 Å². The zero-order valence-electron chi connectivity index (χ0n) is 21.3. The zero-order valence-corrected chi connectivity index (χ0v) is 22.0. The third-order valence-electron chi connectivity index (χ3n) is 7.37. The van der Waals surface area contributed by atoms with Crippen molar-refractivity contribution in [3.05, 3.63) is 52.0 Å². The Bertz CT molecular complexity index is 980. The van der Waals surface area contributed by atoms with Crippen molar-refractivity contribution >= 4 is 17.3 Å². The molecule has 2 saturated heterocycles. The van der Waals surface area contributed by atoms with Crippen molar-refractivity contribution in [2.24, 2.45) is 0 Å². The minimum Gasteiger partial charge on any atom is -0.495 e. The second kappa shape index (κ2) is 11.2. The fourth-order valence-electron chi connectivity index (χ4n) is 5.43. The molecule has 2 aromatic carbocycles. The maximum atomic E-state index is 6.25. The summed E-state index contributed by atoms with van der Waals surface area (Å²) in [5.41, 5.74) is 5.25. The Morgan fingerprint density at radius 1 is 1.00 bits per heavy atom. The van der Waals surface area contributed by atoms with E-state index < -0.39 is 0 Å². The molecule has 0 bridgehead atoms. The molecule has 0 saturated carbocycles. The van der Waals surface area contributed by atoms with Crippen molar-refractivity contribution in [3.63, 3.8) is 0 Å². The molecule has 0 amide bonds. The van der Waals surface area contributed by atoms with Crippen LogP contribution in [0.1, 0.15) is 55.8 Å². The molecule has 34 heavy (non-hydrogen) atoms. The number of fused-ring (bicyclic) bond motifs is 1. The predicted molar refractivity (Wildman–Crippen MR) is 140 cm³/mol. The van der Waals surface area contributed by atoms with Crippen molar-refractivity contribution in [2.45, 2.75) is 65.1 Å². The van der Waals surface area contributed by atoms with Gasteiger partial charge in [0.25, 0.3) is 0 Å². The molecule has 2 aromatic rings. The lowest BCUT2D eigenvalue weighted by molar-refractivity contribution is 0.0550. The molecule has 2 heterocycles.